The summed E-state index contributed by atoms with van der Waals surface area (Å²) >= 11 is 0. The Kier molecular flexibility index (Phi) is 5.03. The van der Waals surface area contributed by atoms with Crippen LogP contribution in [-0.4, -0.2) is 67.8 Å². The van der Waals surface area contributed by atoms with Crippen molar-refractivity contribution in [2.45, 2.75) is 46.7 Å². The third kappa shape index (κ3) is 3.46. The van der Waals surface area contributed by atoms with Gasteiger partial charge in [0.15, 0.2) is 5.78 Å². The highest BCUT2D eigenvalue weighted by molar-refractivity contribution is 6.15. The van der Waals surface area contributed by atoms with Gasteiger partial charge in [0.1, 0.15) is 24.1 Å². The van der Waals surface area contributed by atoms with Gasteiger partial charge >= 0.3 is 0 Å². The van der Waals surface area contributed by atoms with Crippen LogP contribution in [0.15, 0.2) is 18.5 Å². The molecule has 3 atom stereocenters. The number of hydrogen-bond donors (Lipinski definition) is 1. The minimum Gasteiger partial charge on any atom is -0.407 e. The maximum Gasteiger partial charge on any atom is 0.245 e. The number of ketones is 1. The van der Waals surface area contributed by atoms with E-state index in [2.05, 4.69) is 32.2 Å². The molecule has 2 amide bonds. The van der Waals surface area contributed by atoms with Crippen molar-refractivity contribution in [2.24, 2.45) is 11.3 Å². The fourth-order valence-corrected chi connectivity index (χ4v) is 5.14. The summed E-state index contributed by atoms with van der Waals surface area (Å²) in [6, 6.07) is 1.18. The summed E-state index contributed by atoms with van der Waals surface area (Å²) < 4.78 is 1.51. The summed E-state index contributed by atoms with van der Waals surface area (Å²) in [6.07, 6.45) is 4.25. The van der Waals surface area contributed by atoms with E-state index < -0.39 is 6.04 Å². The van der Waals surface area contributed by atoms with E-state index in [4.69, 9.17) is 7.98 Å². The highest BCUT2D eigenvalue weighted by atomic mass is 16.2. The van der Waals surface area contributed by atoms with Gasteiger partial charge in [-0.1, -0.05) is 6.92 Å². The van der Waals surface area contributed by atoms with Gasteiger partial charge in [-0.25, -0.2) is 9.97 Å². The molecule has 34 heavy (non-hydrogen) atoms. The number of nitrogens with one attached hydrogen (secondary N) is 1. The summed E-state index contributed by atoms with van der Waals surface area (Å²) in [5.41, 5.74) is 2.75. The number of rotatable bonds is 5. The van der Waals surface area contributed by atoms with Crippen molar-refractivity contribution in [2.75, 3.05) is 6.54 Å². The van der Waals surface area contributed by atoms with Gasteiger partial charge < -0.3 is 10.1 Å². The van der Waals surface area contributed by atoms with Crippen LogP contribution in [0.25, 0.3) is 22.2 Å². The Morgan fingerprint density at radius 3 is 2.59 bits per heavy atom. The van der Waals surface area contributed by atoms with Crippen LogP contribution in [-0.2, 0) is 16.1 Å². The zero-order chi connectivity index (χ0) is 24.4. The molecule has 2 aliphatic rings. The molecule has 10 nitrogen and oxygen atoms in total. The molecule has 172 valence electrons. The van der Waals surface area contributed by atoms with Crippen LogP contribution in [0.4, 0.5) is 0 Å². The quantitative estimate of drug-likeness (QED) is 0.450. The van der Waals surface area contributed by atoms with Gasteiger partial charge in [-0.15, -0.1) is 0 Å². The standard InChI is InChI=1S/C23H24BN7O3/c1-11-20-15(5-17(27-11)14-7-25-13(3)26-8-14)19(12(2)32)29-31(20)9-18(33)30-10-23(4)6-16(23)21(30)22(34)28-24/h5,7-8,16,21H,6,9-10H2,1-4H3,(H,28,34). The lowest BCUT2D eigenvalue weighted by atomic mass is 10.1. The molecule has 1 saturated carbocycles. The molecular formula is C23H24BN7O3. The smallest absolute Gasteiger partial charge is 0.245 e. The van der Waals surface area contributed by atoms with Gasteiger partial charge in [0.25, 0.3) is 0 Å². The van der Waals surface area contributed by atoms with E-state index in [1.54, 1.807) is 30.3 Å². The number of aryl methyl sites for hydroxylation is 2. The van der Waals surface area contributed by atoms with Crippen LogP contribution in [0, 0.1) is 25.2 Å². The number of nitrogens with zero attached hydrogens (tertiary/aromatic N) is 6. The molecule has 1 aliphatic heterocycles. The number of carbonyl (C=O) groups excluding carboxylic acids is 3. The molecule has 1 aliphatic carbocycles. The fourth-order valence-electron chi connectivity index (χ4n) is 5.14. The van der Waals surface area contributed by atoms with E-state index in [9.17, 15) is 14.4 Å². The zero-order valence-corrected chi connectivity index (χ0v) is 19.5. The van der Waals surface area contributed by atoms with Crippen LogP contribution in [0.3, 0.4) is 0 Å². The topological polar surface area (TPSA) is 123 Å². The Balaban J connectivity index is 1.53. The molecule has 2 radical (unpaired) electrons. The lowest BCUT2D eigenvalue weighted by Crippen LogP contribution is -2.48. The van der Waals surface area contributed by atoms with E-state index in [-0.39, 0.29) is 41.2 Å². The molecule has 1 saturated heterocycles. The number of piperidine rings is 1. The fraction of sp³-hybridized carbons (Fsp3) is 0.435. The molecule has 3 aromatic heterocycles. The molecule has 0 spiro atoms. The van der Waals surface area contributed by atoms with Crippen molar-refractivity contribution in [1.29, 1.82) is 0 Å². The highest BCUT2D eigenvalue weighted by Crippen LogP contribution is 2.60. The van der Waals surface area contributed by atoms with Gasteiger partial charge in [0, 0.05) is 36.8 Å². The third-order valence-corrected chi connectivity index (χ3v) is 7.00. The second-order valence-corrected chi connectivity index (χ2v) is 9.51. The van der Waals surface area contributed by atoms with Crippen LogP contribution >= 0.6 is 0 Å². The Morgan fingerprint density at radius 2 is 1.94 bits per heavy atom. The van der Waals surface area contributed by atoms with E-state index in [1.165, 1.54) is 11.6 Å². The minimum absolute atomic E-state index is 0.0634. The first kappa shape index (κ1) is 22.2. The summed E-state index contributed by atoms with van der Waals surface area (Å²) in [7, 11) is 5.38. The van der Waals surface area contributed by atoms with Gasteiger partial charge in [-0.05, 0) is 37.7 Å². The number of pyridine rings is 1. The van der Waals surface area contributed by atoms with Crippen LogP contribution in [0.2, 0.25) is 0 Å². The molecule has 3 aromatic rings. The summed E-state index contributed by atoms with van der Waals surface area (Å²) in [5.74, 6) is -0.0885. The molecule has 3 unspecified atom stereocenters. The van der Waals surface area contributed by atoms with Gasteiger partial charge in [-0.2, -0.15) is 5.10 Å². The number of amides is 2. The molecule has 0 bridgehead atoms. The zero-order valence-electron chi connectivity index (χ0n) is 19.5. The first-order chi connectivity index (χ1) is 16.1. The first-order valence-electron chi connectivity index (χ1n) is 11.1. The molecule has 1 N–H and O–H groups in total. The van der Waals surface area contributed by atoms with Gasteiger partial charge in [0.05, 0.1) is 16.9 Å². The maximum absolute atomic E-state index is 13.3. The van der Waals surface area contributed by atoms with Crippen LogP contribution in [0.1, 0.15) is 42.3 Å². The minimum atomic E-state index is -0.594. The van der Waals surface area contributed by atoms with Crippen LogP contribution < -0.4 is 5.23 Å². The Bertz CT molecular complexity index is 1350. The van der Waals surface area contributed by atoms with Gasteiger partial charge in [0.2, 0.25) is 19.8 Å². The van der Waals surface area contributed by atoms with E-state index in [0.717, 1.165) is 6.42 Å². The molecule has 4 heterocycles. The SMILES string of the molecule is [B]NC(=O)C1C2CC2(C)CN1C(=O)Cn1nc(C(C)=O)c2cc(-c3cnc(C)nc3)nc(C)c21. The first-order valence-corrected chi connectivity index (χ1v) is 11.1. The molecule has 2 fully saturated rings. The Hall–Kier alpha value is -3.63. The van der Waals surface area contributed by atoms with Gasteiger partial charge in [-0.3, -0.25) is 24.0 Å². The van der Waals surface area contributed by atoms with Crippen LogP contribution in [0.5, 0.6) is 0 Å². The second kappa shape index (κ2) is 7.71. The van der Waals surface area contributed by atoms with Crippen molar-refractivity contribution < 1.29 is 14.4 Å². The molecule has 11 heteroatoms. The Morgan fingerprint density at radius 1 is 1.24 bits per heavy atom. The van der Waals surface area contributed by atoms with E-state index in [1.807, 2.05) is 6.92 Å². The summed E-state index contributed by atoms with van der Waals surface area (Å²) in [5, 5.41) is 7.27. The van der Waals surface area contributed by atoms with Crippen molar-refractivity contribution in [3.63, 3.8) is 0 Å². The number of likely N-dealkylation sites (tertiary alicyclic amines) is 1. The Labute approximate surface area is 197 Å². The lowest BCUT2D eigenvalue weighted by Gasteiger charge is -2.27. The lowest BCUT2D eigenvalue weighted by molar-refractivity contribution is -0.139. The monoisotopic (exact) mass is 457 g/mol. The summed E-state index contributed by atoms with van der Waals surface area (Å²) in [6.45, 7) is 7.49. The predicted molar refractivity (Wildman–Crippen MR) is 124 cm³/mol. The highest BCUT2D eigenvalue weighted by Gasteiger charge is 2.64. The normalized spacial score (nSPS) is 23.1. The number of hydrogen-bond acceptors (Lipinski definition) is 7. The van der Waals surface area contributed by atoms with Crippen molar-refractivity contribution >= 4 is 36.5 Å². The summed E-state index contributed by atoms with van der Waals surface area (Å²) in [4.78, 5) is 52.8. The number of aromatic nitrogens is 5. The van der Waals surface area contributed by atoms with Crippen molar-refractivity contribution in [3.8, 4) is 11.3 Å². The largest absolute Gasteiger partial charge is 0.407 e. The third-order valence-electron chi connectivity index (χ3n) is 7.00. The molecule has 0 aromatic carbocycles. The predicted octanol–water partition coefficient (Wildman–Crippen LogP) is 1.14. The average molecular weight is 457 g/mol. The molecular weight excluding hydrogens is 433 g/mol. The number of carbonyl (C=O) groups is 3. The second-order valence-electron chi connectivity index (χ2n) is 9.51. The maximum atomic E-state index is 13.3. The number of Topliss-reactive ketones (excluding diaryl/α,β-unsaturated/α-hetero) is 1. The van der Waals surface area contributed by atoms with E-state index >= 15 is 0 Å². The van der Waals surface area contributed by atoms with Crippen molar-refractivity contribution in [1.82, 2.24) is 34.9 Å². The molecule has 5 rings (SSSR count). The average Bonchev–Trinajstić information content (AvgIpc) is 3.16. The number of fused-ring (bicyclic) bond motifs is 2. The van der Waals surface area contributed by atoms with E-state index in [0.29, 0.717) is 40.2 Å². The van der Waals surface area contributed by atoms with Crippen molar-refractivity contribution in [3.05, 3.63) is 35.7 Å².